The number of nitrogens with one attached hydrogen (secondary N) is 1. The molecule has 0 aromatic heterocycles. The molecular weight excluding hydrogens is 178 g/mol. The fourth-order valence-corrected chi connectivity index (χ4v) is 2.38. The van der Waals surface area contributed by atoms with Crippen molar-refractivity contribution in [2.75, 3.05) is 6.61 Å². The standard InChI is InChI=1S/C11H21NO2/c1-8(13)14-7-9-6-10(2,3)12-11(9,4)5/h9,12H,6-7H2,1-5H3. The van der Waals surface area contributed by atoms with Gasteiger partial charge in [-0.2, -0.15) is 0 Å². The summed E-state index contributed by atoms with van der Waals surface area (Å²) in [6, 6.07) is 0. The number of ether oxygens (including phenoxy) is 1. The molecule has 0 bridgehead atoms. The van der Waals surface area contributed by atoms with Gasteiger partial charge in [-0.3, -0.25) is 4.79 Å². The van der Waals surface area contributed by atoms with Gasteiger partial charge in [-0.15, -0.1) is 0 Å². The highest BCUT2D eigenvalue weighted by Crippen LogP contribution is 2.35. The van der Waals surface area contributed by atoms with Crippen molar-refractivity contribution in [2.24, 2.45) is 5.92 Å². The molecule has 1 aliphatic rings. The summed E-state index contributed by atoms with van der Waals surface area (Å²) in [6.07, 6.45) is 1.05. The minimum Gasteiger partial charge on any atom is -0.466 e. The highest BCUT2D eigenvalue weighted by molar-refractivity contribution is 5.65. The van der Waals surface area contributed by atoms with Crippen LogP contribution in [0.25, 0.3) is 0 Å². The van der Waals surface area contributed by atoms with E-state index in [1.807, 2.05) is 0 Å². The molecule has 0 aromatic carbocycles. The van der Waals surface area contributed by atoms with Crippen LogP contribution >= 0.6 is 0 Å². The molecule has 1 atom stereocenters. The molecular formula is C11H21NO2. The van der Waals surface area contributed by atoms with Crippen LogP contribution in [0.5, 0.6) is 0 Å². The number of rotatable bonds is 2. The zero-order chi connectivity index (χ0) is 11.0. The molecule has 1 fully saturated rings. The number of esters is 1. The maximum atomic E-state index is 10.7. The topological polar surface area (TPSA) is 38.3 Å². The summed E-state index contributed by atoms with van der Waals surface area (Å²) >= 11 is 0. The van der Waals surface area contributed by atoms with Gasteiger partial charge in [0.25, 0.3) is 0 Å². The fourth-order valence-electron chi connectivity index (χ4n) is 2.38. The Hall–Kier alpha value is -0.570. The molecule has 0 amide bonds. The van der Waals surface area contributed by atoms with Crippen LogP contribution in [0.2, 0.25) is 0 Å². The van der Waals surface area contributed by atoms with E-state index < -0.39 is 0 Å². The van der Waals surface area contributed by atoms with Crippen molar-refractivity contribution in [3.8, 4) is 0 Å². The predicted molar refractivity (Wildman–Crippen MR) is 56.0 cm³/mol. The Labute approximate surface area is 86.2 Å². The van der Waals surface area contributed by atoms with Crippen LogP contribution in [0.1, 0.15) is 41.0 Å². The van der Waals surface area contributed by atoms with E-state index in [-0.39, 0.29) is 17.0 Å². The zero-order valence-corrected chi connectivity index (χ0v) is 9.81. The van der Waals surface area contributed by atoms with Gasteiger partial charge in [-0.1, -0.05) is 0 Å². The fraction of sp³-hybridized carbons (Fsp3) is 0.909. The van der Waals surface area contributed by atoms with E-state index >= 15 is 0 Å². The van der Waals surface area contributed by atoms with E-state index in [9.17, 15) is 4.79 Å². The number of carbonyl (C=O) groups excluding carboxylic acids is 1. The first-order chi connectivity index (χ1) is 6.23. The summed E-state index contributed by atoms with van der Waals surface area (Å²) in [4.78, 5) is 10.7. The van der Waals surface area contributed by atoms with Crippen molar-refractivity contribution in [1.29, 1.82) is 0 Å². The number of hydrogen-bond donors (Lipinski definition) is 1. The quantitative estimate of drug-likeness (QED) is 0.688. The Kier molecular flexibility index (Phi) is 2.91. The predicted octanol–water partition coefficient (Wildman–Crippen LogP) is 1.72. The van der Waals surface area contributed by atoms with Crippen molar-refractivity contribution < 1.29 is 9.53 Å². The van der Waals surface area contributed by atoms with Crippen LogP contribution in [-0.2, 0) is 9.53 Å². The summed E-state index contributed by atoms with van der Waals surface area (Å²) in [7, 11) is 0. The van der Waals surface area contributed by atoms with E-state index in [0.29, 0.717) is 12.5 Å². The van der Waals surface area contributed by atoms with Crippen LogP contribution in [0.15, 0.2) is 0 Å². The van der Waals surface area contributed by atoms with Crippen LogP contribution in [0.4, 0.5) is 0 Å². The van der Waals surface area contributed by atoms with Crippen molar-refractivity contribution >= 4 is 5.97 Å². The smallest absolute Gasteiger partial charge is 0.302 e. The minimum absolute atomic E-state index is 0.0545. The van der Waals surface area contributed by atoms with E-state index in [2.05, 4.69) is 33.0 Å². The first-order valence-electron chi connectivity index (χ1n) is 5.16. The number of hydrogen-bond acceptors (Lipinski definition) is 3. The third-order valence-corrected chi connectivity index (χ3v) is 2.93. The first kappa shape index (κ1) is 11.5. The summed E-state index contributed by atoms with van der Waals surface area (Å²) < 4.78 is 5.08. The summed E-state index contributed by atoms with van der Waals surface area (Å²) in [5.41, 5.74) is 0.202. The molecule has 1 aliphatic heterocycles. The molecule has 1 unspecified atom stereocenters. The van der Waals surface area contributed by atoms with Crippen LogP contribution in [0, 0.1) is 5.92 Å². The lowest BCUT2D eigenvalue weighted by Gasteiger charge is -2.28. The molecule has 14 heavy (non-hydrogen) atoms. The lowest BCUT2D eigenvalue weighted by atomic mass is 9.88. The highest BCUT2D eigenvalue weighted by atomic mass is 16.5. The van der Waals surface area contributed by atoms with Gasteiger partial charge in [-0.25, -0.2) is 0 Å². The van der Waals surface area contributed by atoms with Crippen molar-refractivity contribution in [3.05, 3.63) is 0 Å². The van der Waals surface area contributed by atoms with Gasteiger partial charge >= 0.3 is 5.97 Å². The molecule has 0 radical (unpaired) electrons. The van der Waals surface area contributed by atoms with Gasteiger partial charge in [0.15, 0.2) is 0 Å². The Balaban J connectivity index is 2.57. The maximum absolute atomic E-state index is 10.7. The summed E-state index contributed by atoms with van der Waals surface area (Å²) in [5.74, 6) is 0.215. The molecule has 1 saturated heterocycles. The Morgan fingerprint density at radius 2 is 2.00 bits per heavy atom. The molecule has 3 heteroatoms. The summed E-state index contributed by atoms with van der Waals surface area (Å²) in [6.45, 7) is 10.7. The second-order valence-electron chi connectivity index (χ2n) is 5.43. The van der Waals surface area contributed by atoms with Crippen LogP contribution < -0.4 is 5.32 Å². The first-order valence-corrected chi connectivity index (χ1v) is 5.16. The normalized spacial score (nSPS) is 28.8. The Bertz CT molecular complexity index is 233. The molecule has 1 rings (SSSR count). The molecule has 82 valence electrons. The van der Waals surface area contributed by atoms with E-state index in [1.165, 1.54) is 6.92 Å². The van der Waals surface area contributed by atoms with Gasteiger partial charge < -0.3 is 10.1 Å². The van der Waals surface area contributed by atoms with Gasteiger partial charge in [0.1, 0.15) is 0 Å². The van der Waals surface area contributed by atoms with E-state index in [0.717, 1.165) is 6.42 Å². The number of carbonyl (C=O) groups is 1. The van der Waals surface area contributed by atoms with Crippen molar-refractivity contribution in [1.82, 2.24) is 5.32 Å². The zero-order valence-electron chi connectivity index (χ0n) is 9.81. The molecule has 1 heterocycles. The third-order valence-electron chi connectivity index (χ3n) is 2.93. The largest absolute Gasteiger partial charge is 0.466 e. The molecule has 0 aliphatic carbocycles. The SMILES string of the molecule is CC(=O)OCC1CC(C)(C)NC1(C)C. The van der Waals surface area contributed by atoms with Crippen molar-refractivity contribution in [2.45, 2.75) is 52.1 Å². The van der Waals surface area contributed by atoms with Gasteiger partial charge in [0.05, 0.1) is 6.61 Å². The van der Waals surface area contributed by atoms with Crippen LogP contribution in [0.3, 0.4) is 0 Å². The molecule has 0 aromatic rings. The average molecular weight is 199 g/mol. The minimum atomic E-state index is -0.189. The molecule has 1 N–H and O–H groups in total. The summed E-state index contributed by atoms with van der Waals surface area (Å²) in [5, 5.41) is 3.55. The Morgan fingerprint density at radius 1 is 1.43 bits per heavy atom. The Morgan fingerprint density at radius 3 is 2.36 bits per heavy atom. The van der Waals surface area contributed by atoms with Crippen LogP contribution in [-0.4, -0.2) is 23.7 Å². The van der Waals surface area contributed by atoms with E-state index in [4.69, 9.17) is 4.74 Å². The molecule has 3 nitrogen and oxygen atoms in total. The van der Waals surface area contributed by atoms with E-state index in [1.54, 1.807) is 0 Å². The lowest BCUT2D eigenvalue weighted by Crippen LogP contribution is -2.45. The average Bonchev–Trinajstić information content (AvgIpc) is 2.14. The molecule has 0 saturated carbocycles. The van der Waals surface area contributed by atoms with Crippen molar-refractivity contribution in [3.63, 3.8) is 0 Å². The van der Waals surface area contributed by atoms with Gasteiger partial charge in [0, 0.05) is 23.9 Å². The monoisotopic (exact) mass is 199 g/mol. The second kappa shape index (κ2) is 3.54. The third kappa shape index (κ3) is 2.71. The molecule has 0 spiro atoms. The van der Waals surface area contributed by atoms with Gasteiger partial charge in [-0.05, 0) is 34.1 Å². The lowest BCUT2D eigenvalue weighted by molar-refractivity contribution is -0.142. The maximum Gasteiger partial charge on any atom is 0.302 e. The highest BCUT2D eigenvalue weighted by Gasteiger charge is 2.44. The second-order valence-corrected chi connectivity index (χ2v) is 5.43. The van der Waals surface area contributed by atoms with Gasteiger partial charge in [0.2, 0.25) is 0 Å².